The van der Waals surface area contributed by atoms with Crippen molar-refractivity contribution >= 4 is 76.3 Å². The molecule has 2 aromatic carbocycles. The van der Waals surface area contributed by atoms with Crippen LogP contribution >= 0.6 is 34.0 Å². The number of nitrogens with one attached hydrogen (secondary N) is 2. The normalized spacial score (nSPS) is 11.2. The molecule has 0 amide bonds. The zero-order valence-electron chi connectivity index (χ0n) is 28.0. The Morgan fingerprint density at radius 3 is 1.81 bits per heavy atom. The summed E-state index contributed by atoms with van der Waals surface area (Å²) in [6.45, 7) is 4.03. The molecule has 0 radical (unpaired) electrons. The summed E-state index contributed by atoms with van der Waals surface area (Å²) in [6, 6.07) is 20.1. The highest BCUT2D eigenvalue weighted by atomic mass is 32.2. The summed E-state index contributed by atoms with van der Waals surface area (Å²) in [5.41, 5.74) is 0.567. The molecule has 0 aliphatic rings. The molecule has 0 saturated carbocycles. The van der Waals surface area contributed by atoms with Crippen molar-refractivity contribution in [1.82, 2.24) is 15.1 Å². The number of hydrogen-bond acceptors (Lipinski definition) is 16. The summed E-state index contributed by atoms with van der Waals surface area (Å²) in [6.07, 6.45) is 4.44. The van der Waals surface area contributed by atoms with Crippen LogP contribution in [0, 0.1) is 0 Å². The molecule has 0 bridgehead atoms. The molecule has 6 rings (SSSR count). The molecule has 6 aromatic rings. The lowest BCUT2D eigenvalue weighted by atomic mass is 10.3. The van der Waals surface area contributed by atoms with Crippen LogP contribution in [0.25, 0.3) is 10.6 Å². The van der Waals surface area contributed by atoms with Crippen molar-refractivity contribution < 1.29 is 45.2 Å². The lowest BCUT2D eigenvalue weighted by Crippen LogP contribution is -2.12. The molecule has 0 fully saturated rings. The zero-order chi connectivity index (χ0) is 37.8. The molecule has 0 saturated heterocycles. The van der Waals surface area contributed by atoms with Gasteiger partial charge in [0, 0.05) is 28.2 Å². The average molecular weight is 818 g/mol. The molecule has 15 nitrogen and oxygen atoms in total. The van der Waals surface area contributed by atoms with Crippen molar-refractivity contribution in [2.75, 3.05) is 22.7 Å². The molecule has 278 valence electrons. The van der Waals surface area contributed by atoms with Gasteiger partial charge in [0.2, 0.25) is 0 Å². The Hall–Kier alpha value is -5.15. The minimum atomic E-state index is -3.80. The van der Waals surface area contributed by atoms with Crippen molar-refractivity contribution in [2.45, 2.75) is 35.8 Å². The van der Waals surface area contributed by atoms with E-state index in [0.717, 1.165) is 34.0 Å². The Morgan fingerprint density at radius 1 is 0.698 bits per heavy atom. The van der Waals surface area contributed by atoms with Gasteiger partial charge >= 0.3 is 11.9 Å². The fraction of sp³-hybridized carbons (Fsp3) is 0.182. The first kappa shape index (κ1) is 39.1. The van der Waals surface area contributed by atoms with Gasteiger partial charge in [-0.2, -0.15) is 0 Å². The topological polar surface area (TPSA) is 206 Å². The summed E-state index contributed by atoms with van der Waals surface area (Å²) in [5.74, 6) is 0.426. The van der Waals surface area contributed by atoms with Gasteiger partial charge < -0.3 is 18.7 Å². The van der Waals surface area contributed by atoms with E-state index in [2.05, 4.69) is 24.6 Å². The van der Waals surface area contributed by atoms with Crippen LogP contribution in [0.4, 0.5) is 10.3 Å². The number of ether oxygens (including phenoxy) is 3. The Labute approximate surface area is 316 Å². The van der Waals surface area contributed by atoms with Gasteiger partial charge in [0.15, 0.2) is 10.3 Å². The van der Waals surface area contributed by atoms with E-state index in [-0.39, 0.29) is 44.1 Å². The van der Waals surface area contributed by atoms with Gasteiger partial charge in [-0.15, -0.1) is 34.0 Å². The third kappa shape index (κ3) is 11.4. The largest absolute Gasteiger partial charge is 0.466 e. The number of carbonyl (C=O) groups excluding carboxylic acids is 2. The summed E-state index contributed by atoms with van der Waals surface area (Å²) in [4.78, 5) is 32.9. The van der Waals surface area contributed by atoms with Gasteiger partial charge in [0.25, 0.3) is 20.0 Å². The molecule has 0 unspecified atom stereocenters. The Morgan fingerprint density at radius 2 is 1.26 bits per heavy atom. The number of aromatic nitrogens is 3. The maximum Gasteiger partial charge on any atom is 0.311 e. The fourth-order valence-corrected chi connectivity index (χ4v) is 9.52. The molecule has 53 heavy (non-hydrogen) atoms. The molecule has 4 aromatic heterocycles. The first-order valence-electron chi connectivity index (χ1n) is 15.5. The van der Waals surface area contributed by atoms with E-state index >= 15 is 0 Å². The number of sulfonamides is 2. The van der Waals surface area contributed by atoms with Gasteiger partial charge in [-0.1, -0.05) is 23.4 Å². The maximum absolute atomic E-state index is 12.5. The molecule has 20 heteroatoms. The lowest BCUT2D eigenvalue weighted by Gasteiger charge is -2.08. The van der Waals surface area contributed by atoms with Gasteiger partial charge in [0.05, 0.1) is 35.8 Å². The Balaban J connectivity index is 0.000000206. The second kappa shape index (κ2) is 18.1. The number of thiazole rings is 2. The first-order chi connectivity index (χ1) is 25.4. The molecular weight excluding hydrogens is 787 g/mol. The molecule has 0 spiro atoms. The average Bonchev–Trinajstić information content (AvgIpc) is 3.95. The number of esters is 2. The number of nitrogens with zero attached hydrogens (tertiary/aromatic N) is 3. The lowest BCUT2D eigenvalue weighted by molar-refractivity contribution is -0.143. The Bertz CT molecular complexity index is 2320. The summed E-state index contributed by atoms with van der Waals surface area (Å²) >= 11 is 3.25. The second-order valence-corrected chi connectivity index (χ2v) is 17.2. The number of benzene rings is 2. The number of anilines is 2. The van der Waals surface area contributed by atoms with Crippen LogP contribution in [-0.2, 0) is 52.0 Å². The quantitative estimate of drug-likeness (QED) is 0.105. The van der Waals surface area contributed by atoms with E-state index in [0.29, 0.717) is 45.0 Å². The number of para-hydroxylation sites is 1. The minimum Gasteiger partial charge on any atom is -0.466 e. The molecule has 2 N–H and O–H groups in total. The molecule has 4 heterocycles. The van der Waals surface area contributed by atoms with Crippen LogP contribution in [0.15, 0.2) is 105 Å². The van der Waals surface area contributed by atoms with Gasteiger partial charge in [-0.3, -0.25) is 19.0 Å². The van der Waals surface area contributed by atoms with Crippen LogP contribution in [0.5, 0.6) is 11.5 Å². The van der Waals surface area contributed by atoms with Crippen LogP contribution in [-0.4, -0.2) is 57.1 Å². The van der Waals surface area contributed by atoms with Crippen molar-refractivity contribution in [2.24, 2.45) is 0 Å². The van der Waals surface area contributed by atoms with Crippen molar-refractivity contribution in [3.63, 3.8) is 0 Å². The van der Waals surface area contributed by atoms with E-state index in [1.807, 2.05) is 30.3 Å². The van der Waals surface area contributed by atoms with E-state index in [9.17, 15) is 26.4 Å². The van der Waals surface area contributed by atoms with Crippen molar-refractivity contribution in [3.8, 4) is 22.1 Å². The predicted molar refractivity (Wildman–Crippen MR) is 199 cm³/mol. The number of rotatable bonds is 15. The molecule has 0 aliphatic carbocycles. The summed E-state index contributed by atoms with van der Waals surface area (Å²) in [5, 5.41) is 4.15. The zero-order valence-corrected chi connectivity index (χ0v) is 32.0. The van der Waals surface area contributed by atoms with Crippen molar-refractivity contribution in [3.05, 3.63) is 101 Å². The van der Waals surface area contributed by atoms with E-state index in [4.69, 9.17) is 18.7 Å². The Kier molecular flexibility index (Phi) is 13.3. The SMILES string of the molecule is CCOC(=O)Cc1cnc(NS(=O)(=O)c2ccc(-c3ccon3)s2)s1.CCOC(=O)Cc1cnc(NS(=O)(=O)c2ccc(Oc3ccccc3)cc2)s1. The maximum atomic E-state index is 12.5. The van der Waals surface area contributed by atoms with Crippen LogP contribution in [0.2, 0.25) is 0 Å². The fourth-order valence-electron chi connectivity index (χ4n) is 4.17. The predicted octanol–water partition coefficient (Wildman–Crippen LogP) is 6.61. The number of thiophene rings is 1. The van der Waals surface area contributed by atoms with Crippen LogP contribution < -0.4 is 14.2 Å². The van der Waals surface area contributed by atoms with E-state index in [1.54, 1.807) is 38.1 Å². The third-order valence-electron chi connectivity index (χ3n) is 6.45. The third-order valence-corrected chi connectivity index (χ3v) is 12.8. The van der Waals surface area contributed by atoms with Crippen LogP contribution in [0.3, 0.4) is 0 Å². The number of hydrogen-bond donors (Lipinski definition) is 2. The highest BCUT2D eigenvalue weighted by molar-refractivity contribution is 7.95. The van der Waals surface area contributed by atoms with E-state index < -0.39 is 20.0 Å². The highest BCUT2D eigenvalue weighted by Gasteiger charge is 2.21. The van der Waals surface area contributed by atoms with Gasteiger partial charge in [-0.05, 0) is 62.4 Å². The minimum absolute atomic E-state index is 0.0543. The monoisotopic (exact) mass is 817 g/mol. The van der Waals surface area contributed by atoms with Crippen LogP contribution in [0.1, 0.15) is 23.6 Å². The van der Waals surface area contributed by atoms with Gasteiger partial charge in [-0.25, -0.2) is 26.8 Å². The first-order valence-corrected chi connectivity index (χ1v) is 21.0. The van der Waals surface area contributed by atoms with E-state index in [1.165, 1.54) is 36.9 Å². The number of carbonyl (C=O) groups is 2. The summed E-state index contributed by atoms with van der Waals surface area (Å²) in [7, 11) is -7.57. The molecule has 0 aliphatic heterocycles. The van der Waals surface area contributed by atoms with Gasteiger partial charge in [0.1, 0.15) is 27.7 Å². The standard InChI is InChI=1S/C19H18N2O5S2.C14H13N3O5S3/c1-2-25-18(22)12-16-13-20-19(27-16)21-28(23,24)17-10-8-15(9-11-17)26-14-6-4-3-5-7-14;1-2-21-12(18)7-9-8-15-14(23-9)17-25(19,20)13-4-3-11(24-13)10-5-6-22-16-10/h3-11,13H,2,12H2,1H3,(H,20,21);3-6,8H,2,7H2,1H3,(H,15,17). The summed E-state index contributed by atoms with van der Waals surface area (Å²) < 4.78 is 75.0. The second-order valence-electron chi connectivity index (χ2n) is 10.3. The molecular formula is C33H31N5O10S5. The highest BCUT2D eigenvalue weighted by Crippen LogP contribution is 2.32. The smallest absolute Gasteiger partial charge is 0.311 e. The van der Waals surface area contributed by atoms with Crippen molar-refractivity contribution in [1.29, 1.82) is 0 Å². The molecule has 0 atom stereocenters.